The molecule has 0 saturated heterocycles. The highest BCUT2D eigenvalue weighted by Crippen LogP contribution is 2.37. The molecule has 0 aromatic heterocycles. The Morgan fingerprint density at radius 1 is 0.960 bits per heavy atom. The van der Waals surface area contributed by atoms with E-state index in [1.54, 1.807) is 18.2 Å². The van der Waals surface area contributed by atoms with Crippen LogP contribution in [0.1, 0.15) is 40.1 Å². The summed E-state index contributed by atoms with van der Waals surface area (Å²) in [4.78, 5) is 20.7. The molecule has 1 heterocycles. The normalized spacial score (nSPS) is 13.7. The quantitative estimate of drug-likeness (QED) is 0.724. The van der Waals surface area contributed by atoms with Crippen LogP contribution >= 0.6 is 0 Å². The Kier molecular flexibility index (Phi) is 5.12. The summed E-state index contributed by atoms with van der Waals surface area (Å²) in [6.07, 6.45) is 4.78. The lowest BCUT2D eigenvalue weighted by molar-refractivity contribution is 0.111. The number of ether oxygens (including phenoxy) is 1. The average molecular weight is 342 g/mol. The molecule has 0 fully saturated rings. The van der Waals surface area contributed by atoms with Crippen molar-refractivity contribution in [1.29, 1.82) is 0 Å². The van der Waals surface area contributed by atoms with E-state index >= 15 is 0 Å². The second-order valence-electron chi connectivity index (χ2n) is 5.93. The second kappa shape index (κ2) is 7.09. The molecule has 25 heavy (non-hydrogen) atoms. The minimum atomic E-state index is -0.373. The molecule has 0 aliphatic carbocycles. The van der Waals surface area contributed by atoms with Crippen LogP contribution in [0.25, 0.3) is 6.08 Å². The standard InChI is InChI=1S/C12H12O3.C7H6O3/c1-12(2)6-5-9-10(15-12)4-3-8(7-13)11(9)14;8-4-5-1-2-6(9)3-7(5)10/h3-7,14H,1-2H3;1-4,9-10H. The topological polar surface area (TPSA) is 104 Å². The van der Waals surface area contributed by atoms with E-state index in [1.807, 2.05) is 19.9 Å². The summed E-state index contributed by atoms with van der Waals surface area (Å²) in [6, 6.07) is 7.05. The molecular formula is C19H18O6. The van der Waals surface area contributed by atoms with Crippen molar-refractivity contribution in [2.75, 3.05) is 0 Å². The number of phenolic OH excluding ortho intramolecular Hbond substituents is 3. The van der Waals surface area contributed by atoms with E-state index in [9.17, 15) is 14.7 Å². The first kappa shape index (κ1) is 18.1. The molecule has 0 unspecified atom stereocenters. The molecule has 130 valence electrons. The van der Waals surface area contributed by atoms with Crippen LogP contribution in [-0.2, 0) is 0 Å². The number of aromatic hydroxyl groups is 3. The Labute approximate surface area is 144 Å². The van der Waals surface area contributed by atoms with Gasteiger partial charge in [0.1, 0.15) is 28.6 Å². The lowest BCUT2D eigenvalue weighted by Crippen LogP contribution is -2.27. The summed E-state index contributed by atoms with van der Waals surface area (Å²) < 4.78 is 5.64. The predicted molar refractivity (Wildman–Crippen MR) is 92.4 cm³/mol. The van der Waals surface area contributed by atoms with Gasteiger partial charge >= 0.3 is 0 Å². The lowest BCUT2D eigenvalue weighted by Gasteiger charge is -2.28. The van der Waals surface area contributed by atoms with Crippen LogP contribution in [0.15, 0.2) is 36.4 Å². The highest BCUT2D eigenvalue weighted by atomic mass is 16.5. The monoisotopic (exact) mass is 342 g/mol. The van der Waals surface area contributed by atoms with Crippen molar-refractivity contribution in [3.8, 4) is 23.0 Å². The summed E-state index contributed by atoms with van der Waals surface area (Å²) >= 11 is 0. The van der Waals surface area contributed by atoms with E-state index in [1.165, 1.54) is 12.1 Å². The van der Waals surface area contributed by atoms with Crippen LogP contribution in [0.2, 0.25) is 0 Å². The molecule has 6 nitrogen and oxygen atoms in total. The summed E-state index contributed by atoms with van der Waals surface area (Å²) in [5.41, 5.74) is 0.653. The Bertz CT molecular complexity index is 836. The molecule has 1 aliphatic rings. The van der Waals surface area contributed by atoms with Gasteiger partial charge in [0.25, 0.3) is 0 Å². The van der Waals surface area contributed by atoms with Gasteiger partial charge in [-0.05, 0) is 50.3 Å². The van der Waals surface area contributed by atoms with Crippen LogP contribution in [0.3, 0.4) is 0 Å². The van der Waals surface area contributed by atoms with Crippen molar-refractivity contribution in [1.82, 2.24) is 0 Å². The Morgan fingerprint density at radius 2 is 1.60 bits per heavy atom. The summed E-state index contributed by atoms with van der Waals surface area (Å²) in [5, 5.41) is 27.4. The van der Waals surface area contributed by atoms with Gasteiger partial charge in [0, 0.05) is 6.07 Å². The number of hydrogen-bond acceptors (Lipinski definition) is 6. The Hall–Kier alpha value is -3.28. The van der Waals surface area contributed by atoms with Gasteiger partial charge in [0.2, 0.25) is 0 Å². The van der Waals surface area contributed by atoms with Gasteiger partial charge < -0.3 is 20.1 Å². The third-order valence-corrected chi connectivity index (χ3v) is 3.50. The Balaban J connectivity index is 0.000000196. The Morgan fingerprint density at radius 3 is 2.20 bits per heavy atom. The van der Waals surface area contributed by atoms with E-state index in [2.05, 4.69) is 0 Å². The molecule has 1 aliphatic heterocycles. The first-order valence-corrected chi connectivity index (χ1v) is 7.44. The minimum Gasteiger partial charge on any atom is -0.508 e. The maximum absolute atomic E-state index is 10.6. The third kappa shape index (κ3) is 4.17. The molecule has 0 amide bonds. The highest BCUT2D eigenvalue weighted by Gasteiger charge is 2.24. The van der Waals surface area contributed by atoms with Gasteiger partial charge in [-0.15, -0.1) is 0 Å². The smallest absolute Gasteiger partial charge is 0.153 e. The van der Waals surface area contributed by atoms with Crippen molar-refractivity contribution in [3.05, 3.63) is 53.1 Å². The fraction of sp³-hybridized carbons (Fsp3) is 0.158. The third-order valence-electron chi connectivity index (χ3n) is 3.50. The minimum absolute atomic E-state index is 0.0192. The van der Waals surface area contributed by atoms with Crippen molar-refractivity contribution < 1.29 is 29.6 Å². The number of aldehydes is 2. The van der Waals surface area contributed by atoms with E-state index in [4.69, 9.17) is 14.9 Å². The van der Waals surface area contributed by atoms with Crippen molar-refractivity contribution >= 4 is 18.6 Å². The number of carbonyl (C=O) groups excluding carboxylic acids is 2. The summed E-state index contributed by atoms with van der Waals surface area (Å²) in [6.45, 7) is 3.86. The highest BCUT2D eigenvalue weighted by molar-refractivity contribution is 5.84. The fourth-order valence-corrected chi connectivity index (χ4v) is 2.18. The number of phenols is 3. The molecule has 0 saturated carbocycles. The van der Waals surface area contributed by atoms with Gasteiger partial charge in [0.15, 0.2) is 12.6 Å². The van der Waals surface area contributed by atoms with E-state index in [0.29, 0.717) is 23.9 Å². The van der Waals surface area contributed by atoms with Gasteiger partial charge in [-0.25, -0.2) is 0 Å². The first-order chi connectivity index (χ1) is 11.8. The van der Waals surface area contributed by atoms with Crippen molar-refractivity contribution in [3.63, 3.8) is 0 Å². The van der Waals surface area contributed by atoms with Gasteiger partial charge in [-0.3, -0.25) is 9.59 Å². The lowest BCUT2D eigenvalue weighted by atomic mass is 10.00. The van der Waals surface area contributed by atoms with Crippen LogP contribution in [0, 0.1) is 0 Å². The first-order valence-electron chi connectivity index (χ1n) is 7.44. The second-order valence-corrected chi connectivity index (χ2v) is 5.93. The van der Waals surface area contributed by atoms with Crippen molar-refractivity contribution in [2.24, 2.45) is 0 Å². The van der Waals surface area contributed by atoms with Crippen LogP contribution in [0.4, 0.5) is 0 Å². The van der Waals surface area contributed by atoms with Crippen LogP contribution < -0.4 is 4.74 Å². The molecule has 0 radical (unpaired) electrons. The summed E-state index contributed by atoms with van der Waals surface area (Å²) in [7, 11) is 0. The molecular weight excluding hydrogens is 324 g/mol. The van der Waals surface area contributed by atoms with E-state index in [0.717, 1.165) is 6.07 Å². The maximum atomic E-state index is 10.6. The largest absolute Gasteiger partial charge is 0.508 e. The number of rotatable bonds is 2. The average Bonchev–Trinajstić information content (AvgIpc) is 2.55. The van der Waals surface area contributed by atoms with Crippen molar-refractivity contribution in [2.45, 2.75) is 19.4 Å². The summed E-state index contributed by atoms with van der Waals surface area (Å²) in [5.74, 6) is 0.331. The zero-order valence-electron chi connectivity index (χ0n) is 13.8. The molecule has 0 atom stereocenters. The van der Waals surface area contributed by atoms with Crippen LogP contribution in [0.5, 0.6) is 23.0 Å². The number of fused-ring (bicyclic) bond motifs is 1. The zero-order valence-corrected chi connectivity index (χ0v) is 13.8. The molecule has 2 aromatic rings. The molecule has 3 rings (SSSR count). The van der Waals surface area contributed by atoms with E-state index < -0.39 is 0 Å². The van der Waals surface area contributed by atoms with Crippen LogP contribution in [-0.4, -0.2) is 33.5 Å². The molecule has 0 bridgehead atoms. The number of carbonyl (C=O) groups is 2. The van der Waals surface area contributed by atoms with Gasteiger partial charge in [-0.1, -0.05) is 0 Å². The molecule has 0 spiro atoms. The number of benzene rings is 2. The molecule has 2 aromatic carbocycles. The van der Waals surface area contributed by atoms with Gasteiger partial charge in [0.05, 0.1) is 16.7 Å². The van der Waals surface area contributed by atoms with Gasteiger partial charge in [-0.2, -0.15) is 0 Å². The molecule has 6 heteroatoms. The fourth-order valence-electron chi connectivity index (χ4n) is 2.18. The SMILES string of the molecule is CC1(C)C=Cc2c(ccc(C=O)c2O)O1.O=Cc1ccc(O)cc1O. The maximum Gasteiger partial charge on any atom is 0.153 e. The predicted octanol–water partition coefficient (Wildman–Crippen LogP) is 3.30. The molecule has 3 N–H and O–H groups in total. The zero-order chi connectivity index (χ0) is 18.6. The number of hydrogen-bond donors (Lipinski definition) is 3. The van der Waals surface area contributed by atoms with E-state index in [-0.39, 0.29) is 34.0 Å².